The van der Waals surface area contributed by atoms with E-state index in [4.69, 9.17) is 0 Å². The number of hydrogen-bond donors (Lipinski definition) is 1. The molecule has 14 heavy (non-hydrogen) atoms. The molecule has 0 amide bonds. The number of nitrogens with one attached hydrogen (secondary N) is 1. The van der Waals surface area contributed by atoms with E-state index in [1.54, 1.807) is 11.3 Å². The Morgan fingerprint density at radius 3 is 2.36 bits per heavy atom. The molecule has 2 nitrogen and oxygen atoms in total. The first-order valence-electron chi connectivity index (χ1n) is 5.22. The molecule has 3 heteroatoms. The number of anilines is 1. The van der Waals surface area contributed by atoms with E-state index in [1.165, 1.54) is 10.6 Å². The lowest BCUT2D eigenvalue weighted by Gasteiger charge is -2.06. The molecule has 1 aromatic rings. The van der Waals surface area contributed by atoms with Crippen LogP contribution >= 0.6 is 11.3 Å². The highest BCUT2D eigenvalue weighted by Crippen LogP contribution is 2.29. The first-order valence-corrected chi connectivity index (χ1v) is 6.03. The molecule has 0 spiro atoms. The summed E-state index contributed by atoms with van der Waals surface area (Å²) in [5, 5.41) is 4.17. The van der Waals surface area contributed by atoms with Gasteiger partial charge in [-0.05, 0) is 18.3 Å². The highest BCUT2D eigenvalue weighted by Gasteiger charge is 2.14. The summed E-state index contributed by atoms with van der Waals surface area (Å²) in [4.78, 5) is 6.03. The molecular weight excluding hydrogens is 192 g/mol. The van der Waals surface area contributed by atoms with Crippen LogP contribution in [0, 0.1) is 5.92 Å². The molecule has 1 rings (SSSR count). The Balaban J connectivity index is 2.93. The summed E-state index contributed by atoms with van der Waals surface area (Å²) in [6.07, 6.45) is 1.15. The highest BCUT2D eigenvalue weighted by molar-refractivity contribution is 7.15. The van der Waals surface area contributed by atoms with Crippen LogP contribution in [0.3, 0.4) is 0 Å². The molecule has 0 aliphatic rings. The molecule has 0 fully saturated rings. The van der Waals surface area contributed by atoms with Crippen molar-refractivity contribution in [2.75, 3.05) is 12.4 Å². The van der Waals surface area contributed by atoms with Gasteiger partial charge in [0.15, 0.2) is 5.13 Å². The molecule has 0 aromatic carbocycles. The first kappa shape index (κ1) is 11.5. The predicted octanol–water partition coefficient (Wildman–Crippen LogP) is 3.51. The van der Waals surface area contributed by atoms with Gasteiger partial charge in [-0.1, -0.05) is 27.7 Å². The van der Waals surface area contributed by atoms with Crippen LogP contribution < -0.4 is 5.32 Å². The van der Waals surface area contributed by atoms with E-state index in [0.717, 1.165) is 11.6 Å². The molecule has 0 bridgehead atoms. The minimum atomic E-state index is 0.530. The average molecular weight is 212 g/mol. The molecule has 0 saturated carbocycles. The Bertz CT molecular complexity index is 289. The van der Waals surface area contributed by atoms with Crippen molar-refractivity contribution in [3.8, 4) is 0 Å². The molecule has 0 saturated heterocycles. The zero-order valence-corrected chi connectivity index (χ0v) is 10.5. The van der Waals surface area contributed by atoms with Gasteiger partial charge in [-0.2, -0.15) is 0 Å². The standard InChI is InChI=1S/C11H20N2S/c1-7(2)6-9-10(8(3)4)13-11(12-5)14-9/h7-8H,6H2,1-5H3,(H,12,13). The molecular formula is C11H20N2S. The van der Waals surface area contributed by atoms with E-state index in [9.17, 15) is 0 Å². The van der Waals surface area contributed by atoms with Crippen LogP contribution in [0.1, 0.15) is 44.2 Å². The molecule has 1 N–H and O–H groups in total. The van der Waals surface area contributed by atoms with Gasteiger partial charge in [-0.15, -0.1) is 11.3 Å². The van der Waals surface area contributed by atoms with Crippen molar-refractivity contribution in [3.05, 3.63) is 10.6 Å². The summed E-state index contributed by atoms with van der Waals surface area (Å²) >= 11 is 1.79. The third-order valence-electron chi connectivity index (χ3n) is 2.08. The minimum absolute atomic E-state index is 0.530. The van der Waals surface area contributed by atoms with Gasteiger partial charge in [0.25, 0.3) is 0 Å². The third-order valence-corrected chi connectivity index (χ3v) is 3.19. The Labute approximate surface area is 90.8 Å². The molecule has 1 aromatic heterocycles. The van der Waals surface area contributed by atoms with Gasteiger partial charge in [-0.25, -0.2) is 4.98 Å². The van der Waals surface area contributed by atoms with Gasteiger partial charge < -0.3 is 5.32 Å². The van der Waals surface area contributed by atoms with Crippen LogP contribution in [0.25, 0.3) is 0 Å². The van der Waals surface area contributed by atoms with Gasteiger partial charge in [-0.3, -0.25) is 0 Å². The Hall–Kier alpha value is -0.570. The lowest BCUT2D eigenvalue weighted by atomic mass is 10.0. The van der Waals surface area contributed by atoms with E-state index in [1.807, 2.05) is 7.05 Å². The summed E-state index contributed by atoms with van der Waals surface area (Å²) in [6.45, 7) is 8.92. The maximum atomic E-state index is 4.59. The molecule has 0 radical (unpaired) electrons. The number of aromatic nitrogens is 1. The van der Waals surface area contributed by atoms with Crippen LogP contribution in [0.5, 0.6) is 0 Å². The Kier molecular flexibility index (Phi) is 3.93. The van der Waals surface area contributed by atoms with Gasteiger partial charge >= 0.3 is 0 Å². The van der Waals surface area contributed by atoms with Crippen molar-refractivity contribution in [1.82, 2.24) is 4.98 Å². The summed E-state index contributed by atoms with van der Waals surface area (Å²) in [5.74, 6) is 1.24. The fraction of sp³-hybridized carbons (Fsp3) is 0.727. The number of thiazole rings is 1. The van der Waals surface area contributed by atoms with E-state index < -0.39 is 0 Å². The molecule has 0 atom stereocenters. The average Bonchev–Trinajstić information content (AvgIpc) is 2.46. The SMILES string of the molecule is CNc1nc(C(C)C)c(CC(C)C)s1. The van der Waals surface area contributed by atoms with Gasteiger partial charge in [0.2, 0.25) is 0 Å². The van der Waals surface area contributed by atoms with Crippen molar-refractivity contribution in [1.29, 1.82) is 0 Å². The van der Waals surface area contributed by atoms with Gasteiger partial charge in [0, 0.05) is 11.9 Å². The monoisotopic (exact) mass is 212 g/mol. The van der Waals surface area contributed by atoms with Crippen LogP contribution in [0.2, 0.25) is 0 Å². The van der Waals surface area contributed by atoms with Crippen LogP contribution in [0.15, 0.2) is 0 Å². The van der Waals surface area contributed by atoms with E-state index in [-0.39, 0.29) is 0 Å². The van der Waals surface area contributed by atoms with Crippen LogP contribution in [0.4, 0.5) is 5.13 Å². The van der Waals surface area contributed by atoms with Crippen molar-refractivity contribution in [3.63, 3.8) is 0 Å². The Morgan fingerprint density at radius 2 is 1.93 bits per heavy atom. The molecule has 0 aliphatic carbocycles. The summed E-state index contributed by atoms with van der Waals surface area (Å²) in [6, 6.07) is 0. The molecule has 0 unspecified atom stereocenters. The van der Waals surface area contributed by atoms with Crippen LogP contribution in [-0.2, 0) is 6.42 Å². The highest BCUT2D eigenvalue weighted by atomic mass is 32.1. The van der Waals surface area contributed by atoms with Crippen LogP contribution in [-0.4, -0.2) is 12.0 Å². The summed E-state index contributed by atoms with van der Waals surface area (Å²) in [7, 11) is 1.93. The maximum absolute atomic E-state index is 4.59. The molecule has 1 heterocycles. The van der Waals surface area contributed by atoms with Crippen molar-refractivity contribution in [2.24, 2.45) is 5.92 Å². The van der Waals surface area contributed by atoms with Gasteiger partial charge in [0.05, 0.1) is 5.69 Å². The van der Waals surface area contributed by atoms with E-state index in [0.29, 0.717) is 11.8 Å². The van der Waals surface area contributed by atoms with E-state index in [2.05, 4.69) is 38.0 Å². The minimum Gasteiger partial charge on any atom is -0.365 e. The predicted molar refractivity (Wildman–Crippen MR) is 64.3 cm³/mol. The second-order valence-electron chi connectivity index (χ2n) is 4.33. The third kappa shape index (κ3) is 2.71. The van der Waals surface area contributed by atoms with E-state index >= 15 is 0 Å². The lowest BCUT2D eigenvalue weighted by molar-refractivity contribution is 0.643. The number of hydrogen-bond acceptors (Lipinski definition) is 3. The summed E-state index contributed by atoms with van der Waals surface area (Å²) in [5.41, 5.74) is 1.27. The molecule has 80 valence electrons. The fourth-order valence-electron chi connectivity index (χ4n) is 1.44. The summed E-state index contributed by atoms with van der Waals surface area (Å²) < 4.78 is 0. The van der Waals surface area contributed by atoms with Gasteiger partial charge in [0.1, 0.15) is 0 Å². The largest absolute Gasteiger partial charge is 0.365 e. The first-order chi connectivity index (χ1) is 6.54. The quantitative estimate of drug-likeness (QED) is 0.826. The lowest BCUT2D eigenvalue weighted by Crippen LogP contribution is -1.98. The fourth-order valence-corrected chi connectivity index (χ4v) is 2.72. The normalized spacial score (nSPS) is 11.4. The zero-order valence-electron chi connectivity index (χ0n) is 9.72. The molecule has 0 aliphatic heterocycles. The topological polar surface area (TPSA) is 24.9 Å². The second-order valence-corrected chi connectivity index (χ2v) is 5.41. The number of rotatable bonds is 4. The Morgan fingerprint density at radius 1 is 1.29 bits per heavy atom. The zero-order chi connectivity index (χ0) is 10.7. The van der Waals surface area contributed by atoms with Crippen molar-refractivity contribution in [2.45, 2.75) is 40.0 Å². The smallest absolute Gasteiger partial charge is 0.182 e. The maximum Gasteiger partial charge on any atom is 0.182 e. The second kappa shape index (κ2) is 4.78. The van der Waals surface area contributed by atoms with Crippen molar-refractivity contribution >= 4 is 16.5 Å². The number of nitrogens with zero attached hydrogens (tertiary/aromatic N) is 1. The van der Waals surface area contributed by atoms with Crippen molar-refractivity contribution < 1.29 is 0 Å².